The second kappa shape index (κ2) is 3.74. The number of aromatic carboxylic acids is 1. The summed E-state index contributed by atoms with van der Waals surface area (Å²) in [5.74, 6) is -1.91. The molecule has 14 heavy (non-hydrogen) atoms. The molecule has 0 saturated carbocycles. The van der Waals surface area contributed by atoms with Crippen molar-refractivity contribution < 1.29 is 19.8 Å². The van der Waals surface area contributed by atoms with E-state index >= 15 is 0 Å². The lowest BCUT2D eigenvalue weighted by molar-refractivity contribution is 0.0697. The number of hydrogen-bond donors (Lipinski definition) is 2. The number of carbonyl (C=O) groups excluding carboxylic acids is 1. The van der Waals surface area contributed by atoms with Gasteiger partial charge in [-0.2, -0.15) is 0 Å². The molecule has 0 aliphatic carbocycles. The van der Waals surface area contributed by atoms with Gasteiger partial charge in [-0.3, -0.25) is 4.79 Å². The lowest BCUT2D eigenvalue weighted by atomic mass is 10.1. The molecular weight excluding hydrogens is 184 g/mol. The fourth-order valence-electron chi connectivity index (χ4n) is 0.976. The normalized spacial score (nSPS) is 9.43. The van der Waals surface area contributed by atoms with E-state index in [1.165, 1.54) is 12.1 Å². The maximum Gasteiger partial charge on any atom is 0.335 e. The van der Waals surface area contributed by atoms with Crippen LogP contribution in [0.4, 0.5) is 0 Å². The minimum Gasteiger partial charge on any atom is -0.507 e. The fourth-order valence-corrected chi connectivity index (χ4v) is 0.976. The number of carboxylic acid groups (broad SMARTS) is 1. The van der Waals surface area contributed by atoms with Gasteiger partial charge in [-0.15, -0.1) is 0 Å². The van der Waals surface area contributed by atoms with Gasteiger partial charge in [0.1, 0.15) is 5.75 Å². The molecule has 0 saturated heterocycles. The molecular formula is C10H8O4. The Balaban J connectivity index is 3.28. The van der Waals surface area contributed by atoms with Crippen molar-refractivity contribution in [1.29, 1.82) is 0 Å². The molecule has 0 radical (unpaired) electrons. The number of carboxylic acids is 1. The van der Waals surface area contributed by atoms with Gasteiger partial charge in [0.05, 0.1) is 11.1 Å². The first kappa shape index (κ1) is 9.98. The second-order valence-corrected chi connectivity index (χ2v) is 2.61. The van der Waals surface area contributed by atoms with Gasteiger partial charge in [-0.05, 0) is 24.3 Å². The third-order valence-electron chi connectivity index (χ3n) is 1.69. The van der Waals surface area contributed by atoms with Gasteiger partial charge in [0.15, 0.2) is 5.78 Å². The molecule has 1 aromatic carbocycles. The number of phenols is 1. The monoisotopic (exact) mass is 192 g/mol. The second-order valence-electron chi connectivity index (χ2n) is 2.61. The number of aromatic hydroxyl groups is 1. The molecule has 0 aliphatic heterocycles. The van der Waals surface area contributed by atoms with Crippen molar-refractivity contribution in [2.24, 2.45) is 0 Å². The number of phenolic OH excluding ortho intramolecular Hbond substituents is 1. The number of allylic oxidation sites excluding steroid dienone is 1. The Morgan fingerprint density at radius 1 is 1.36 bits per heavy atom. The highest BCUT2D eigenvalue weighted by atomic mass is 16.4. The molecule has 4 nitrogen and oxygen atoms in total. The van der Waals surface area contributed by atoms with Crippen molar-refractivity contribution >= 4 is 11.8 Å². The Labute approximate surface area is 80.1 Å². The molecule has 2 N–H and O–H groups in total. The maximum atomic E-state index is 11.1. The predicted octanol–water partition coefficient (Wildman–Crippen LogP) is 1.46. The summed E-state index contributed by atoms with van der Waals surface area (Å²) < 4.78 is 0. The number of benzene rings is 1. The van der Waals surface area contributed by atoms with Gasteiger partial charge >= 0.3 is 5.97 Å². The number of rotatable bonds is 3. The zero-order chi connectivity index (χ0) is 10.7. The van der Waals surface area contributed by atoms with Crippen LogP contribution in [0.5, 0.6) is 5.75 Å². The van der Waals surface area contributed by atoms with Crippen LogP contribution in [0.2, 0.25) is 0 Å². The number of carbonyl (C=O) groups is 2. The number of ketones is 1. The Morgan fingerprint density at radius 2 is 2.00 bits per heavy atom. The van der Waals surface area contributed by atoms with E-state index in [9.17, 15) is 14.7 Å². The topological polar surface area (TPSA) is 74.6 Å². The van der Waals surface area contributed by atoms with Gasteiger partial charge in [0.2, 0.25) is 0 Å². The minimum absolute atomic E-state index is 0.0481. The van der Waals surface area contributed by atoms with Crippen LogP contribution in [-0.4, -0.2) is 22.0 Å². The van der Waals surface area contributed by atoms with Crippen molar-refractivity contribution in [3.63, 3.8) is 0 Å². The smallest absolute Gasteiger partial charge is 0.335 e. The highest BCUT2D eigenvalue weighted by Crippen LogP contribution is 2.19. The molecule has 1 rings (SSSR count). The molecule has 0 heterocycles. The van der Waals surface area contributed by atoms with Crippen molar-refractivity contribution in [3.8, 4) is 5.75 Å². The SMILES string of the molecule is C=CC(=O)c1cc(C(=O)O)ccc1O. The molecule has 0 atom stereocenters. The maximum absolute atomic E-state index is 11.1. The summed E-state index contributed by atoms with van der Waals surface area (Å²) in [6, 6.07) is 3.50. The third kappa shape index (κ3) is 1.80. The quantitative estimate of drug-likeness (QED) is 0.561. The van der Waals surface area contributed by atoms with Crippen LogP contribution in [0.1, 0.15) is 20.7 Å². The van der Waals surface area contributed by atoms with Gasteiger partial charge in [-0.1, -0.05) is 6.58 Å². The van der Waals surface area contributed by atoms with Crippen molar-refractivity contribution in [2.75, 3.05) is 0 Å². The summed E-state index contributed by atoms with van der Waals surface area (Å²) in [4.78, 5) is 21.7. The highest BCUT2D eigenvalue weighted by Gasteiger charge is 2.11. The molecule has 72 valence electrons. The summed E-state index contributed by atoms with van der Waals surface area (Å²) >= 11 is 0. The average molecular weight is 192 g/mol. The molecule has 0 aliphatic rings. The zero-order valence-corrected chi connectivity index (χ0v) is 7.23. The molecule has 0 unspecified atom stereocenters. The van der Waals surface area contributed by atoms with Crippen LogP contribution >= 0.6 is 0 Å². The molecule has 0 amide bonds. The van der Waals surface area contributed by atoms with E-state index in [0.717, 1.165) is 12.1 Å². The minimum atomic E-state index is -1.15. The van der Waals surface area contributed by atoms with Crippen LogP contribution in [0.25, 0.3) is 0 Å². The van der Waals surface area contributed by atoms with E-state index in [4.69, 9.17) is 5.11 Å². The highest BCUT2D eigenvalue weighted by molar-refractivity contribution is 6.07. The van der Waals surface area contributed by atoms with Crippen LogP contribution in [0, 0.1) is 0 Å². The van der Waals surface area contributed by atoms with E-state index < -0.39 is 11.8 Å². The van der Waals surface area contributed by atoms with Crippen LogP contribution in [0.3, 0.4) is 0 Å². The molecule has 4 heteroatoms. The Bertz CT molecular complexity index is 407. The molecule has 0 fully saturated rings. The summed E-state index contributed by atoms with van der Waals surface area (Å²) in [6.45, 7) is 3.24. The molecule has 0 aromatic heterocycles. The first-order valence-corrected chi connectivity index (χ1v) is 3.79. The molecule has 1 aromatic rings. The van der Waals surface area contributed by atoms with Crippen LogP contribution < -0.4 is 0 Å². The van der Waals surface area contributed by atoms with Crippen LogP contribution in [-0.2, 0) is 0 Å². The lowest BCUT2D eigenvalue weighted by Crippen LogP contribution is -2.00. The number of hydrogen-bond acceptors (Lipinski definition) is 3. The average Bonchev–Trinajstić information content (AvgIpc) is 2.17. The van der Waals surface area contributed by atoms with Crippen molar-refractivity contribution in [2.45, 2.75) is 0 Å². The van der Waals surface area contributed by atoms with Gasteiger partial charge in [-0.25, -0.2) is 4.79 Å². The lowest BCUT2D eigenvalue weighted by Gasteiger charge is -2.01. The van der Waals surface area contributed by atoms with E-state index in [1.54, 1.807) is 0 Å². The largest absolute Gasteiger partial charge is 0.507 e. The van der Waals surface area contributed by atoms with Gasteiger partial charge < -0.3 is 10.2 Å². The zero-order valence-electron chi connectivity index (χ0n) is 7.23. The molecule has 0 bridgehead atoms. The summed E-state index contributed by atoms with van der Waals surface area (Å²) in [6.07, 6.45) is 1.01. The summed E-state index contributed by atoms with van der Waals surface area (Å²) in [5.41, 5.74) is -0.104. The Hall–Kier alpha value is -2.10. The van der Waals surface area contributed by atoms with E-state index in [-0.39, 0.29) is 16.9 Å². The predicted molar refractivity (Wildman–Crippen MR) is 49.6 cm³/mol. The van der Waals surface area contributed by atoms with Crippen molar-refractivity contribution in [3.05, 3.63) is 42.0 Å². The first-order chi connectivity index (χ1) is 6.56. The van der Waals surface area contributed by atoms with Crippen LogP contribution in [0.15, 0.2) is 30.9 Å². The first-order valence-electron chi connectivity index (χ1n) is 3.79. The van der Waals surface area contributed by atoms with Gasteiger partial charge in [0, 0.05) is 0 Å². The van der Waals surface area contributed by atoms with E-state index in [2.05, 4.69) is 6.58 Å². The Morgan fingerprint density at radius 3 is 2.50 bits per heavy atom. The summed E-state index contributed by atoms with van der Waals surface area (Å²) in [7, 11) is 0. The van der Waals surface area contributed by atoms with Crippen molar-refractivity contribution in [1.82, 2.24) is 0 Å². The standard InChI is InChI=1S/C10H8O4/c1-2-8(11)7-5-6(10(13)14)3-4-9(7)12/h2-5,12H,1H2,(H,13,14). The van der Waals surface area contributed by atoms with Gasteiger partial charge in [0.25, 0.3) is 0 Å². The van der Waals surface area contributed by atoms with E-state index in [1.807, 2.05) is 0 Å². The Kier molecular flexibility index (Phi) is 2.67. The molecule has 0 spiro atoms. The fraction of sp³-hybridized carbons (Fsp3) is 0. The third-order valence-corrected chi connectivity index (χ3v) is 1.69. The van der Waals surface area contributed by atoms with E-state index in [0.29, 0.717) is 0 Å². The summed E-state index contributed by atoms with van der Waals surface area (Å²) in [5, 5.41) is 17.9.